The molecule has 0 saturated heterocycles. The molecule has 108 valence electrons. The van der Waals surface area contributed by atoms with Gasteiger partial charge in [0.1, 0.15) is 11.6 Å². The van der Waals surface area contributed by atoms with Gasteiger partial charge in [0, 0.05) is 24.7 Å². The van der Waals surface area contributed by atoms with Crippen molar-refractivity contribution in [3.05, 3.63) is 35.4 Å². The Balaban J connectivity index is 2.36. The summed E-state index contributed by atoms with van der Waals surface area (Å²) in [7, 11) is 0. The van der Waals surface area contributed by atoms with Crippen LogP contribution in [0.5, 0.6) is 0 Å². The Morgan fingerprint density at radius 2 is 1.89 bits per heavy atom. The summed E-state index contributed by atoms with van der Waals surface area (Å²) in [6, 6.07) is 3.73. The second kappa shape index (κ2) is 7.59. The molecule has 0 radical (unpaired) electrons. The summed E-state index contributed by atoms with van der Waals surface area (Å²) < 4.78 is 26.2. The van der Waals surface area contributed by atoms with Crippen LogP contribution in [0.1, 0.15) is 52.0 Å². The van der Waals surface area contributed by atoms with Gasteiger partial charge >= 0.3 is 0 Å². The van der Waals surface area contributed by atoms with Crippen LogP contribution in [-0.4, -0.2) is 6.54 Å². The molecular formula is C16H25F2N. The summed E-state index contributed by atoms with van der Waals surface area (Å²) in [6.45, 7) is 7.92. The van der Waals surface area contributed by atoms with Crippen LogP contribution in [0.2, 0.25) is 0 Å². The molecule has 0 fully saturated rings. The van der Waals surface area contributed by atoms with E-state index in [0.29, 0.717) is 12.1 Å². The van der Waals surface area contributed by atoms with Crippen LogP contribution >= 0.6 is 0 Å². The SMILES string of the molecule is CCCCCC(C)(C)CNCc1ccc(F)cc1F. The number of nitrogens with one attached hydrogen (secondary N) is 1. The first-order chi connectivity index (χ1) is 8.94. The fourth-order valence-electron chi connectivity index (χ4n) is 2.14. The van der Waals surface area contributed by atoms with Gasteiger partial charge < -0.3 is 5.32 Å². The first kappa shape index (κ1) is 16.1. The summed E-state index contributed by atoms with van der Waals surface area (Å²) in [5.74, 6) is -1.00. The molecule has 1 nitrogen and oxygen atoms in total. The standard InChI is InChI=1S/C16H25F2N/c1-4-5-6-9-16(2,3)12-19-11-13-7-8-14(17)10-15(13)18/h7-8,10,19H,4-6,9,11-12H2,1-3H3. The molecule has 0 spiro atoms. The summed E-state index contributed by atoms with van der Waals surface area (Å²) >= 11 is 0. The van der Waals surface area contributed by atoms with Crippen molar-refractivity contribution < 1.29 is 8.78 Å². The highest BCUT2D eigenvalue weighted by atomic mass is 19.1. The molecule has 0 saturated carbocycles. The molecule has 0 unspecified atom stereocenters. The summed E-state index contributed by atoms with van der Waals surface area (Å²) in [5, 5.41) is 3.27. The van der Waals surface area contributed by atoms with Gasteiger partial charge in [-0.15, -0.1) is 0 Å². The summed E-state index contributed by atoms with van der Waals surface area (Å²) in [4.78, 5) is 0. The quantitative estimate of drug-likeness (QED) is 0.677. The van der Waals surface area contributed by atoms with Gasteiger partial charge in [-0.25, -0.2) is 8.78 Å². The molecule has 0 aliphatic carbocycles. The molecule has 0 aliphatic rings. The predicted molar refractivity (Wildman–Crippen MR) is 76.0 cm³/mol. The van der Waals surface area contributed by atoms with E-state index in [2.05, 4.69) is 26.1 Å². The molecule has 0 bridgehead atoms. The van der Waals surface area contributed by atoms with Crippen LogP contribution in [0.4, 0.5) is 8.78 Å². The smallest absolute Gasteiger partial charge is 0.130 e. The largest absolute Gasteiger partial charge is 0.312 e. The average Bonchev–Trinajstić information content (AvgIpc) is 2.32. The highest BCUT2D eigenvalue weighted by Gasteiger charge is 2.16. The fourth-order valence-corrected chi connectivity index (χ4v) is 2.14. The van der Waals surface area contributed by atoms with Gasteiger partial charge in [0.2, 0.25) is 0 Å². The number of benzene rings is 1. The summed E-state index contributed by atoms with van der Waals surface area (Å²) in [6.07, 6.45) is 4.89. The number of halogens is 2. The van der Waals surface area contributed by atoms with E-state index in [1.807, 2.05) is 0 Å². The second-order valence-electron chi connectivity index (χ2n) is 5.96. The molecule has 0 aromatic heterocycles. The Morgan fingerprint density at radius 3 is 2.53 bits per heavy atom. The molecule has 1 N–H and O–H groups in total. The Morgan fingerprint density at radius 1 is 1.16 bits per heavy atom. The maximum absolute atomic E-state index is 13.4. The highest BCUT2D eigenvalue weighted by molar-refractivity contribution is 5.18. The maximum atomic E-state index is 13.4. The van der Waals surface area contributed by atoms with Gasteiger partial charge in [0.05, 0.1) is 0 Å². The number of unbranched alkanes of at least 4 members (excludes halogenated alkanes) is 2. The third-order valence-corrected chi connectivity index (χ3v) is 3.39. The number of hydrogen-bond acceptors (Lipinski definition) is 1. The average molecular weight is 269 g/mol. The second-order valence-corrected chi connectivity index (χ2v) is 5.96. The maximum Gasteiger partial charge on any atom is 0.130 e. The number of hydrogen-bond donors (Lipinski definition) is 1. The fraction of sp³-hybridized carbons (Fsp3) is 0.625. The van der Waals surface area contributed by atoms with Crippen molar-refractivity contribution in [1.29, 1.82) is 0 Å². The first-order valence-electron chi connectivity index (χ1n) is 7.09. The molecule has 3 heteroatoms. The van der Waals surface area contributed by atoms with Crippen LogP contribution in [0.25, 0.3) is 0 Å². The van der Waals surface area contributed by atoms with E-state index in [9.17, 15) is 8.78 Å². The zero-order valence-electron chi connectivity index (χ0n) is 12.2. The molecule has 0 heterocycles. The normalized spacial score (nSPS) is 11.8. The van der Waals surface area contributed by atoms with E-state index in [4.69, 9.17) is 0 Å². The molecule has 1 aromatic carbocycles. The van der Waals surface area contributed by atoms with E-state index >= 15 is 0 Å². The van der Waals surface area contributed by atoms with Crippen LogP contribution < -0.4 is 5.32 Å². The lowest BCUT2D eigenvalue weighted by atomic mass is 9.87. The van der Waals surface area contributed by atoms with E-state index in [1.54, 1.807) is 0 Å². The summed E-state index contributed by atoms with van der Waals surface area (Å²) in [5.41, 5.74) is 0.733. The van der Waals surface area contributed by atoms with Crippen molar-refractivity contribution in [1.82, 2.24) is 5.32 Å². The van der Waals surface area contributed by atoms with E-state index in [0.717, 1.165) is 12.6 Å². The molecular weight excluding hydrogens is 244 g/mol. The third kappa shape index (κ3) is 6.15. The van der Waals surface area contributed by atoms with Crippen molar-refractivity contribution in [2.24, 2.45) is 5.41 Å². The Labute approximate surface area is 115 Å². The van der Waals surface area contributed by atoms with Crippen LogP contribution in [0, 0.1) is 17.0 Å². The predicted octanol–water partition coefficient (Wildman–Crippen LogP) is 4.66. The lowest BCUT2D eigenvalue weighted by Gasteiger charge is -2.25. The van der Waals surface area contributed by atoms with E-state index in [1.165, 1.54) is 37.8 Å². The minimum atomic E-state index is -0.527. The Hall–Kier alpha value is -0.960. The molecule has 1 rings (SSSR count). The van der Waals surface area contributed by atoms with E-state index < -0.39 is 11.6 Å². The molecule has 0 atom stereocenters. The highest BCUT2D eigenvalue weighted by Crippen LogP contribution is 2.22. The van der Waals surface area contributed by atoms with Gasteiger partial charge in [-0.3, -0.25) is 0 Å². The number of rotatable bonds is 8. The van der Waals surface area contributed by atoms with Crippen LogP contribution in [-0.2, 0) is 6.54 Å². The van der Waals surface area contributed by atoms with Gasteiger partial charge in [-0.05, 0) is 17.9 Å². The molecule has 1 aromatic rings. The van der Waals surface area contributed by atoms with Crippen LogP contribution in [0.3, 0.4) is 0 Å². The van der Waals surface area contributed by atoms with E-state index in [-0.39, 0.29) is 5.41 Å². The zero-order valence-corrected chi connectivity index (χ0v) is 12.2. The molecule has 0 amide bonds. The van der Waals surface area contributed by atoms with Crippen molar-refractivity contribution in [2.75, 3.05) is 6.54 Å². The topological polar surface area (TPSA) is 12.0 Å². The molecule has 0 aliphatic heterocycles. The van der Waals surface area contributed by atoms with Crippen molar-refractivity contribution in [2.45, 2.75) is 53.0 Å². The van der Waals surface area contributed by atoms with Gasteiger partial charge in [-0.2, -0.15) is 0 Å². The lowest BCUT2D eigenvalue weighted by molar-refractivity contribution is 0.301. The minimum Gasteiger partial charge on any atom is -0.312 e. The van der Waals surface area contributed by atoms with Crippen molar-refractivity contribution in [3.63, 3.8) is 0 Å². The van der Waals surface area contributed by atoms with Gasteiger partial charge in [0.15, 0.2) is 0 Å². The monoisotopic (exact) mass is 269 g/mol. The zero-order chi connectivity index (χ0) is 14.3. The minimum absolute atomic E-state index is 0.214. The Kier molecular flexibility index (Phi) is 6.43. The van der Waals surface area contributed by atoms with Crippen molar-refractivity contribution >= 4 is 0 Å². The van der Waals surface area contributed by atoms with Crippen LogP contribution in [0.15, 0.2) is 18.2 Å². The Bertz CT molecular complexity index is 388. The van der Waals surface area contributed by atoms with Gasteiger partial charge in [-0.1, -0.05) is 46.1 Å². The third-order valence-electron chi connectivity index (χ3n) is 3.39. The lowest BCUT2D eigenvalue weighted by Crippen LogP contribution is -2.29. The first-order valence-corrected chi connectivity index (χ1v) is 7.09. The van der Waals surface area contributed by atoms with Crippen molar-refractivity contribution in [3.8, 4) is 0 Å². The molecule has 19 heavy (non-hydrogen) atoms. The van der Waals surface area contributed by atoms with Gasteiger partial charge in [0.25, 0.3) is 0 Å².